The van der Waals surface area contributed by atoms with Crippen LogP contribution in [-0.4, -0.2) is 31.1 Å². The summed E-state index contributed by atoms with van der Waals surface area (Å²) in [5.41, 5.74) is 4.24. The van der Waals surface area contributed by atoms with Crippen molar-refractivity contribution in [2.45, 2.75) is 58.0 Å². The molecule has 1 N–H and O–H groups in total. The van der Waals surface area contributed by atoms with Crippen LogP contribution in [0.1, 0.15) is 54.8 Å². The number of hydrogen-bond donors (Lipinski definition) is 1. The Morgan fingerprint density at radius 1 is 1.14 bits per heavy atom. The molecular weight excluding hydrogens is 256 g/mol. The minimum atomic E-state index is 0.463. The van der Waals surface area contributed by atoms with Gasteiger partial charge in [0.2, 0.25) is 0 Å². The third-order valence-electron chi connectivity index (χ3n) is 5.82. The van der Waals surface area contributed by atoms with Crippen molar-refractivity contribution in [3.05, 3.63) is 34.9 Å². The number of fused-ring (bicyclic) bond motifs is 1. The van der Waals surface area contributed by atoms with E-state index >= 15 is 0 Å². The molecule has 0 radical (unpaired) electrons. The molecule has 2 aliphatic rings. The van der Waals surface area contributed by atoms with E-state index in [4.69, 9.17) is 0 Å². The maximum Gasteiger partial charge on any atom is 0.0447 e. The van der Waals surface area contributed by atoms with E-state index in [2.05, 4.69) is 49.3 Å². The van der Waals surface area contributed by atoms with Crippen molar-refractivity contribution in [3.8, 4) is 0 Å². The van der Waals surface area contributed by atoms with Crippen molar-refractivity contribution in [2.75, 3.05) is 20.1 Å². The average molecular weight is 286 g/mol. The zero-order valence-corrected chi connectivity index (χ0v) is 13.9. The van der Waals surface area contributed by atoms with Crippen LogP contribution in [0.25, 0.3) is 0 Å². The number of aryl methyl sites for hydroxylation is 2. The normalized spacial score (nSPS) is 27.6. The molecule has 116 valence electrons. The number of rotatable bonds is 4. The van der Waals surface area contributed by atoms with Gasteiger partial charge in [-0.3, -0.25) is 4.90 Å². The molecule has 1 aromatic rings. The molecule has 2 heteroatoms. The lowest BCUT2D eigenvalue weighted by Gasteiger charge is -2.34. The largest absolute Gasteiger partial charge is 0.312 e. The fraction of sp³-hybridized carbons (Fsp3) is 0.684. The molecule has 1 saturated heterocycles. The van der Waals surface area contributed by atoms with Crippen LogP contribution < -0.4 is 5.32 Å². The van der Waals surface area contributed by atoms with Gasteiger partial charge < -0.3 is 5.32 Å². The van der Waals surface area contributed by atoms with E-state index in [9.17, 15) is 0 Å². The molecule has 1 heterocycles. The quantitative estimate of drug-likeness (QED) is 0.905. The summed E-state index contributed by atoms with van der Waals surface area (Å²) in [7, 11) is 2.11. The maximum absolute atomic E-state index is 3.55. The van der Waals surface area contributed by atoms with Gasteiger partial charge in [-0.15, -0.1) is 0 Å². The van der Waals surface area contributed by atoms with Crippen molar-refractivity contribution in [3.63, 3.8) is 0 Å². The third-order valence-corrected chi connectivity index (χ3v) is 5.82. The van der Waals surface area contributed by atoms with E-state index in [-0.39, 0.29) is 0 Å². The molecule has 1 aromatic carbocycles. The molecule has 0 bridgehead atoms. The summed E-state index contributed by atoms with van der Waals surface area (Å²) >= 11 is 0. The van der Waals surface area contributed by atoms with Gasteiger partial charge >= 0.3 is 0 Å². The predicted molar refractivity (Wildman–Crippen MR) is 89.7 cm³/mol. The maximum atomic E-state index is 3.55. The Balaban J connectivity index is 1.70. The van der Waals surface area contributed by atoms with Crippen LogP contribution >= 0.6 is 0 Å². The highest BCUT2D eigenvalue weighted by atomic mass is 15.2. The Labute approximate surface area is 129 Å². The zero-order chi connectivity index (χ0) is 14.8. The molecule has 1 aliphatic heterocycles. The molecule has 21 heavy (non-hydrogen) atoms. The van der Waals surface area contributed by atoms with Crippen molar-refractivity contribution >= 4 is 0 Å². The summed E-state index contributed by atoms with van der Waals surface area (Å²) in [6.07, 6.45) is 7.21. The molecule has 2 nitrogen and oxygen atoms in total. The summed E-state index contributed by atoms with van der Waals surface area (Å²) in [4.78, 5) is 2.76. The number of nitrogens with one attached hydrogen (secondary N) is 1. The fourth-order valence-electron chi connectivity index (χ4n) is 4.31. The van der Waals surface area contributed by atoms with Gasteiger partial charge in [-0.1, -0.05) is 31.0 Å². The highest BCUT2D eigenvalue weighted by molar-refractivity contribution is 5.32. The highest BCUT2D eigenvalue weighted by Gasteiger charge is 2.36. The van der Waals surface area contributed by atoms with E-state index < -0.39 is 0 Å². The lowest BCUT2D eigenvalue weighted by atomic mass is 9.85. The molecule has 0 amide bonds. The van der Waals surface area contributed by atoms with Crippen LogP contribution in [0.4, 0.5) is 0 Å². The summed E-state index contributed by atoms with van der Waals surface area (Å²) < 4.78 is 0. The van der Waals surface area contributed by atoms with Crippen LogP contribution in [0.15, 0.2) is 18.2 Å². The number of likely N-dealkylation sites (N-methyl/N-ethyl adjacent to an activating group) is 1. The number of nitrogens with zero attached hydrogens (tertiary/aromatic N) is 1. The standard InChI is InChI=1S/C19H30N2/c1-14-8-9-17(12-15(14)2)18(20-3)13-21-11-10-16-6-4-5-7-19(16)21/h8-9,12,16,18-20H,4-7,10-11,13H2,1-3H3. The van der Waals surface area contributed by atoms with Gasteiger partial charge in [0.25, 0.3) is 0 Å². The smallest absolute Gasteiger partial charge is 0.0447 e. The van der Waals surface area contributed by atoms with Gasteiger partial charge in [0, 0.05) is 18.6 Å². The fourth-order valence-corrected chi connectivity index (χ4v) is 4.31. The molecule has 1 saturated carbocycles. The highest BCUT2D eigenvalue weighted by Crippen LogP contribution is 2.37. The Bertz CT molecular complexity index is 482. The molecule has 2 fully saturated rings. The van der Waals surface area contributed by atoms with Gasteiger partial charge in [0.1, 0.15) is 0 Å². The van der Waals surface area contributed by atoms with E-state index in [0.717, 1.165) is 12.0 Å². The first-order valence-electron chi connectivity index (χ1n) is 8.67. The first-order valence-corrected chi connectivity index (χ1v) is 8.67. The Hall–Kier alpha value is -0.860. The van der Waals surface area contributed by atoms with Crippen LogP contribution in [-0.2, 0) is 0 Å². The molecule has 3 atom stereocenters. The van der Waals surface area contributed by atoms with Crippen LogP contribution in [0.5, 0.6) is 0 Å². The van der Waals surface area contributed by atoms with E-state index in [1.807, 2.05) is 0 Å². The summed E-state index contributed by atoms with van der Waals surface area (Å²) in [5.74, 6) is 0.982. The van der Waals surface area contributed by atoms with Crippen molar-refractivity contribution < 1.29 is 0 Å². The second kappa shape index (κ2) is 6.50. The number of hydrogen-bond acceptors (Lipinski definition) is 2. The zero-order valence-electron chi connectivity index (χ0n) is 13.9. The van der Waals surface area contributed by atoms with Crippen molar-refractivity contribution in [1.29, 1.82) is 0 Å². The Morgan fingerprint density at radius 2 is 1.95 bits per heavy atom. The van der Waals surface area contributed by atoms with Crippen LogP contribution in [0.3, 0.4) is 0 Å². The Morgan fingerprint density at radius 3 is 2.71 bits per heavy atom. The van der Waals surface area contributed by atoms with Gasteiger partial charge in [0.15, 0.2) is 0 Å². The second-order valence-corrected chi connectivity index (χ2v) is 7.08. The van der Waals surface area contributed by atoms with E-state index in [1.54, 1.807) is 0 Å². The van der Waals surface area contributed by atoms with Crippen molar-refractivity contribution in [1.82, 2.24) is 10.2 Å². The van der Waals surface area contributed by atoms with Crippen LogP contribution in [0, 0.1) is 19.8 Å². The third kappa shape index (κ3) is 3.17. The van der Waals surface area contributed by atoms with Crippen molar-refractivity contribution in [2.24, 2.45) is 5.92 Å². The minimum Gasteiger partial charge on any atom is -0.312 e. The molecule has 0 spiro atoms. The molecule has 0 aromatic heterocycles. The lowest BCUT2D eigenvalue weighted by molar-refractivity contribution is 0.169. The lowest BCUT2D eigenvalue weighted by Crippen LogP contribution is -2.40. The SMILES string of the molecule is CNC(CN1CCC2CCCCC21)c1ccc(C)c(C)c1. The Kier molecular flexibility index (Phi) is 4.66. The predicted octanol–water partition coefficient (Wildman–Crippen LogP) is 3.83. The summed E-state index contributed by atoms with van der Waals surface area (Å²) in [6, 6.07) is 8.26. The molecule has 3 rings (SSSR count). The van der Waals surface area contributed by atoms with E-state index in [0.29, 0.717) is 6.04 Å². The van der Waals surface area contributed by atoms with Gasteiger partial charge in [0.05, 0.1) is 0 Å². The first-order chi connectivity index (χ1) is 10.2. The number of likely N-dealkylation sites (tertiary alicyclic amines) is 1. The summed E-state index contributed by atoms with van der Waals surface area (Å²) in [6.45, 7) is 6.89. The van der Waals surface area contributed by atoms with E-state index in [1.165, 1.54) is 61.9 Å². The topological polar surface area (TPSA) is 15.3 Å². The summed E-state index contributed by atoms with van der Waals surface area (Å²) in [5, 5.41) is 3.55. The number of benzene rings is 1. The van der Waals surface area contributed by atoms with Crippen LogP contribution in [0.2, 0.25) is 0 Å². The molecular formula is C19H30N2. The monoisotopic (exact) mass is 286 g/mol. The van der Waals surface area contributed by atoms with Gasteiger partial charge in [-0.2, -0.15) is 0 Å². The first kappa shape index (κ1) is 15.1. The van der Waals surface area contributed by atoms with Gasteiger partial charge in [-0.25, -0.2) is 0 Å². The van der Waals surface area contributed by atoms with Gasteiger partial charge in [-0.05, 0) is 69.3 Å². The molecule has 1 aliphatic carbocycles. The second-order valence-electron chi connectivity index (χ2n) is 7.08. The molecule has 3 unspecified atom stereocenters. The average Bonchev–Trinajstić information content (AvgIpc) is 2.91. The minimum absolute atomic E-state index is 0.463.